The molecule has 3 N–H and O–H groups in total. The van der Waals surface area contributed by atoms with E-state index in [9.17, 15) is 9.18 Å². The number of ether oxygens (including phenoxy) is 1. The first-order chi connectivity index (χ1) is 12.0. The fourth-order valence-corrected chi connectivity index (χ4v) is 3.47. The van der Waals surface area contributed by atoms with Gasteiger partial charge < -0.3 is 20.4 Å². The molecular formula is C16H19ClFN5O2. The fourth-order valence-electron chi connectivity index (χ4n) is 3.31. The maximum Gasteiger partial charge on any atom is 0.342 e. The van der Waals surface area contributed by atoms with Crippen LogP contribution in [0, 0.1) is 5.82 Å². The molecule has 3 aliphatic rings. The molecule has 2 atom stereocenters. The Morgan fingerprint density at radius 3 is 2.96 bits per heavy atom. The van der Waals surface area contributed by atoms with Crippen LogP contribution in [-0.4, -0.2) is 55.0 Å². The number of likely N-dealkylation sites (N-methyl/N-ethyl adjacent to an activating group) is 1. The summed E-state index contributed by atoms with van der Waals surface area (Å²) >= 11 is 5.75. The first-order valence-electron chi connectivity index (χ1n) is 8.15. The standard InChI is InChI=1S/C16H19ClFN5O2/c1-22-13(2-3-14(21-22)23-5-4-19-8-23)15-20-12-7-11(18)10(17)6-9(12)16(24)25-15/h3,6-7,13,15,19-21H,2,4-5,8H2,1H3. The molecule has 3 aliphatic heterocycles. The highest BCUT2D eigenvalue weighted by Crippen LogP contribution is 2.31. The highest BCUT2D eigenvalue weighted by atomic mass is 35.5. The molecule has 1 saturated heterocycles. The minimum atomic E-state index is -0.590. The van der Waals surface area contributed by atoms with Gasteiger partial charge in [0.2, 0.25) is 0 Å². The second-order valence-corrected chi connectivity index (χ2v) is 6.73. The number of benzene rings is 1. The maximum atomic E-state index is 13.7. The third-order valence-corrected chi connectivity index (χ3v) is 4.99. The van der Waals surface area contributed by atoms with Crippen molar-refractivity contribution >= 4 is 23.3 Å². The molecule has 1 aromatic rings. The Labute approximate surface area is 149 Å². The summed E-state index contributed by atoms with van der Waals surface area (Å²) in [6.07, 6.45) is 2.18. The number of anilines is 1. The minimum absolute atomic E-state index is 0.0980. The number of hydrazine groups is 1. The predicted octanol–water partition coefficient (Wildman–Crippen LogP) is 1.30. The summed E-state index contributed by atoms with van der Waals surface area (Å²) < 4.78 is 19.2. The number of nitrogens with zero attached hydrogens (tertiary/aromatic N) is 2. The number of carbonyl (C=O) groups is 1. The molecule has 0 spiro atoms. The van der Waals surface area contributed by atoms with E-state index in [1.807, 2.05) is 12.1 Å². The zero-order valence-corrected chi connectivity index (χ0v) is 14.4. The van der Waals surface area contributed by atoms with Crippen molar-refractivity contribution in [2.24, 2.45) is 0 Å². The molecule has 0 aliphatic carbocycles. The van der Waals surface area contributed by atoms with Gasteiger partial charge in [-0.05, 0) is 24.6 Å². The molecule has 7 nitrogen and oxygen atoms in total. The van der Waals surface area contributed by atoms with Crippen LogP contribution in [0.5, 0.6) is 0 Å². The van der Waals surface area contributed by atoms with Crippen LogP contribution < -0.4 is 16.1 Å². The Morgan fingerprint density at radius 2 is 2.24 bits per heavy atom. The van der Waals surface area contributed by atoms with E-state index >= 15 is 0 Å². The number of halogens is 2. The molecule has 0 bridgehead atoms. The molecule has 0 radical (unpaired) electrons. The van der Waals surface area contributed by atoms with E-state index in [4.69, 9.17) is 16.3 Å². The van der Waals surface area contributed by atoms with E-state index in [1.165, 1.54) is 12.1 Å². The molecule has 4 rings (SSSR count). The Morgan fingerprint density at radius 1 is 1.40 bits per heavy atom. The van der Waals surface area contributed by atoms with Crippen LogP contribution in [0.1, 0.15) is 16.8 Å². The first kappa shape index (κ1) is 16.4. The van der Waals surface area contributed by atoms with Crippen LogP contribution in [0.2, 0.25) is 5.02 Å². The van der Waals surface area contributed by atoms with Gasteiger partial charge in [0.25, 0.3) is 0 Å². The van der Waals surface area contributed by atoms with Crippen molar-refractivity contribution < 1.29 is 13.9 Å². The summed E-state index contributed by atoms with van der Waals surface area (Å²) in [5, 5.41) is 8.20. The van der Waals surface area contributed by atoms with E-state index < -0.39 is 18.0 Å². The summed E-state index contributed by atoms with van der Waals surface area (Å²) in [7, 11) is 1.90. The summed E-state index contributed by atoms with van der Waals surface area (Å²) in [6, 6.07) is 2.40. The number of cyclic esters (lactones) is 1. The Bertz CT molecular complexity index is 737. The van der Waals surface area contributed by atoms with Crippen LogP contribution in [0.25, 0.3) is 0 Å². The lowest BCUT2D eigenvalue weighted by Crippen LogP contribution is -2.56. The minimum Gasteiger partial charge on any atom is -0.436 e. The second kappa shape index (κ2) is 6.36. The molecule has 1 fully saturated rings. The van der Waals surface area contributed by atoms with Crippen molar-refractivity contribution in [2.45, 2.75) is 18.7 Å². The first-order valence-corrected chi connectivity index (χ1v) is 8.52. The molecular weight excluding hydrogens is 349 g/mol. The van der Waals surface area contributed by atoms with Gasteiger partial charge in [0.1, 0.15) is 11.6 Å². The average molecular weight is 368 g/mol. The Kier molecular flexibility index (Phi) is 4.18. The normalized spacial score (nSPS) is 26.4. The molecule has 2 unspecified atom stereocenters. The lowest BCUT2D eigenvalue weighted by Gasteiger charge is -2.41. The highest BCUT2D eigenvalue weighted by Gasteiger charge is 2.36. The van der Waals surface area contributed by atoms with Crippen molar-refractivity contribution in [1.29, 1.82) is 0 Å². The van der Waals surface area contributed by atoms with Crippen LogP contribution in [0.15, 0.2) is 24.0 Å². The average Bonchev–Trinajstić information content (AvgIpc) is 3.11. The number of esters is 1. The molecule has 134 valence electrons. The van der Waals surface area contributed by atoms with Gasteiger partial charge in [-0.15, -0.1) is 0 Å². The zero-order chi connectivity index (χ0) is 17.6. The number of fused-ring (bicyclic) bond motifs is 1. The molecule has 0 saturated carbocycles. The Balaban J connectivity index is 1.53. The topological polar surface area (TPSA) is 68.9 Å². The van der Waals surface area contributed by atoms with Gasteiger partial charge in [0, 0.05) is 20.1 Å². The van der Waals surface area contributed by atoms with Crippen molar-refractivity contribution in [2.75, 3.05) is 32.1 Å². The monoisotopic (exact) mass is 367 g/mol. The third kappa shape index (κ3) is 3.01. The summed E-state index contributed by atoms with van der Waals surface area (Å²) in [6.45, 7) is 2.71. The number of carbonyl (C=O) groups excluding carboxylic acids is 1. The number of hydrogen-bond acceptors (Lipinski definition) is 7. The lowest BCUT2D eigenvalue weighted by molar-refractivity contribution is -0.00304. The Hall–Kier alpha value is -2.03. The van der Waals surface area contributed by atoms with Crippen molar-refractivity contribution in [3.05, 3.63) is 40.4 Å². The van der Waals surface area contributed by atoms with E-state index in [2.05, 4.69) is 27.0 Å². The number of nitrogens with one attached hydrogen (secondary N) is 3. The van der Waals surface area contributed by atoms with Gasteiger partial charge in [-0.25, -0.2) is 14.2 Å². The molecule has 3 heterocycles. The van der Waals surface area contributed by atoms with Gasteiger partial charge in [-0.2, -0.15) is 0 Å². The van der Waals surface area contributed by atoms with Crippen molar-refractivity contribution in [3.8, 4) is 0 Å². The molecule has 25 heavy (non-hydrogen) atoms. The van der Waals surface area contributed by atoms with Crippen LogP contribution in [0.4, 0.5) is 10.1 Å². The maximum absolute atomic E-state index is 13.7. The fraction of sp³-hybridized carbons (Fsp3) is 0.438. The summed E-state index contributed by atoms with van der Waals surface area (Å²) in [5.41, 5.74) is 3.96. The van der Waals surface area contributed by atoms with E-state index in [0.29, 0.717) is 12.1 Å². The lowest BCUT2D eigenvalue weighted by atomic mass is 10.1. The zero-order valence-electron chi connectivity index (χ0n) is 13.7. The van der Waals surface area contributed by atoms with E-state index in [0.717, 1.165) is 25.6 Å². The summed E-state index contributed by atoms with van der Waals surface area (Å²) in [5.74, 6) is -0.0445. The van der Waals surface area contributed by atoms with Gasteiger partial charge in [-0.3, -0.25) is 5.32 Å². The molecule has 9 heteroatoms. The van der Waals surface area contributed by atoms with Crippen LogP contribution in [-0.2, 0) is 4.74 Å². The van der Waals surface area contributed by atoms with Crippen molar-refractivity contribution in [3.63, 3.8) is 0 Å². The van der Waals surface area contributed by atoms with Crippen LogP contribution >= 0.6 is 11.6 Å². The van der Waals surface area contributed by atoms with Gasteiger partial charge in [-0.1, -0.05) is 11.6 Å². The smallest absolute Gasteiger partial charge is 0.342 e. The largest absolute Gasteiger partial charge is 0.436 e. The predicted molar refractivity (Wildman–Crippen MR) is 91.2 cm³/mol. The van der Waals surface area contributed by atoms with Gasteiger partial charge >= 0.3 is 5.97 Å². The van der Waals surface area contributed by atoms with Crippen molar-refractivity contribution in [1.82, 2.24) is 20.7 Å². The quantitative estimate of drug-likeness (QED) is 0.681. The summed E-state index contributed by atoms with van der Waals surface area (Å²) in [4.78, 5) is 14.5. The molecule has 0 aromatic heterocycles. The SMILES string of the molecule is CN1NC(N2CCNC2)=CCC1C1Nc2cc(F)c(Cl)cc2C(=O)O1. The molecule has 0 amide bonds. The van der Waals surface area contributed by atoms with E-state index in [-0.39, 0.29) is 16.6 Å². The third-order valence-electron chi connectivity index (χ3n) is 4.70. The highest BCUT2D eigenvalue weighted by molar-refractivity contribution is 6.31. The molecule has 1 aromatic carbocycles. The van der Waals surface area contributed by atoms with Crippen LogP contribution in [0.3, 0.4) is 0 Å². The van der Waals surface area contributed by atoms with E-state index in [1.54, 1.807) is 0 Å². The number of hydrogen-bond donors (Lipinski definition) is 3. The second-order valence-electron chi connectivity index (χ2n) is 6.32. The van der Waals surface area contributed by atoms with Gasteiger partial charge in [0.15, 0.2) is 6.23 Å². The number of rotatable bonds is 2. The van der Waals surface area contributed by atoms with Gasteiger partial charge in [0.05, 0.1) is 29.0 Å².